The van der Waals surface area contributed by atoms with Gasteiger partial charge in [-0.2, -0.15) is 0 Å². The molecule has 2 rings (SSSR count). The van der Waals surface area contributed by atoms with Crippen LogP contribution in [0.4, 0.5) is 0 Å². The topological polar surface area (TPSA) is 20.3 Å². The number of amides is 1. The summed E-state index contributed by atoms with van der Waals surface area (Å²) in [4.78, 5) is 15.9. The van der Waals surface area contributed by atoms with E-state index in [9.17, 15) is 4.79 Å². The molecule has 0 saturated carbocycles. The van der Waals surface area contributed by atoms with Crippen molar-refractivity contribution in [3.63, 3.8) is 0 Å². The molecule has 94 valence electrons. The molecule has 1 aliphatic rings. The van der Waals surface area contributed by atoms with E-state index in [1.54, 1.807) is 11.3 Å². The first-order valence-corrected chi connectivity index (χ1v) is 7.38. The van der Waals surface area contributed by atoms with Crippen LogP contribution in [-0.4, -0.2) is 23.4 Å². The fourth-order valence-electron chi connectivity index (χ4n) is 2.57. The minimum Gasteiger partial charge on any atom is -0.336 e. The van der Waals surface area contributed by atoms with Crippen LogP contribution in [0.3, 0.4) is 0 Å². The summed E-state index contributed by atoms with van der Waals surface area (Å²) in [5, 5.41) is 2.02. The lowest BCUT2D eigenvalue weighted by atomic mass is 9.98. The lowest BCUT2D eigenvalue weighted by molar-refractivity contribution is 0.0608. The maximum atomic E-state index is 12.5. The third kappa shape index (κ3) is 2.39. The largest absolute Gasteiger partial charge is 0.336 e. The molecule has 1 atom stereocenters. The summed E-state index contributed by atoms with van der Waals surface area (Å²) >= 11 is 1.68. The van der Waals surface area contributed by atoms with Gasteiger partial charge in [-0.1, -0.05) is 6.92 Å². The van der Waals surface area contributed by atoms with Crippen LogP contribution in [0.5, 0.6) is 0 Å². The molecule has 1 amide bonds. The van der Waals surface area contributed by atoms with E-state index in [1.807, 2.05) is 5.38 Å². The third-order valence-electron chi connectivity index (χ3n) is 3.88. The number of carbonyl (C=O) groups is 1. The maximum Gasteiger partial charge on any atom is 0.255 e. The number of likely N-dealkylation sites (tertiary alicyclic amines) is 1. The Hall–Kier alpha value is -0.830. The lowest BCUT2D eigenvalue weighted by Gasteiger charge is -2.35. The summed E-state index contributed by atoms with van der Waals surface area (Å²) < 4.78 is 0. The standard InChI is InChI=1S/C14H21NOS/c1-4-12-7-5-6-8-15(12)14(16)13-9-17-11(3)10(13)2/h9,12H,4-8H2,1-3H3. The molecular weight excluding hydrogens is 230 g/mol. The van der Waals surface area contributed by atoms with Gasteiger partial charge in [0.2, 0.25) is 0 Å². The molecule has 0 radical (unpaired) electrons. The zero-order valence-corrected chi connectivity index (χ0v) is 11.8. The number of hydrogen-bond acceptors (Lipinski definition) is 2. The maximum absolute atomic E-state index is 12.5. The minimum atomic E-state index is 0.249. The number of piperidine rings is 1. The van der Waals surface area contributed by atoms with Crippen LogP contribution in [0.1, 0.15) is 53.4 Å². The van der Waals surface area contributed by atoms with E-state index in [0.717, 1.165) is 24.9 Å². The van der Waals surface area contributed by atoms with Gasteiger partial charge in [0.05, 0.1) is 5.56 Å². The van der Waals surface area contributed by atoms with Gasteiger partial charge in [0, 0.05) is 22.8 Å². The Kier molecular flexibility index (Phi) is 3.87. The predicted octanol–water partition coefficient (Wildman–Crippen LogP) is 3.77. The van der Waals surface area contributed by atoms with Gasteiger partial charge >= 0.3 is 0 Å². The Morgan fingerprint density at radius 2 is 2.24 bits per heavy atom. The Morgan fingerprint density at radius 1 is 1.47 bits per heavy atom. The van der Waals surface area contributed by atoms with E-state index in [-0.39, 0.29) is 5.91 Å². The second-order valence-electron chi connectivity index (χ2n) is 4.89. The molecule has 1 fully saturated rings. The predicted molar refractivity (Wildman–Crippen MR) is 72.8 cm³/mol. The van der Waals surface area contributed by atoms with Crippen molar-refractivity contribution in [2.24, 2.45) is 0 Å². The summed E-state index contributed by atoms with van der Waals surface area (Å²) in [6.45, 7) is 7.27. The zero-order valence-electron chi connectivity index (χ0n) is 11.0. The molecule has 0 bridgehead atoms. The molecule has 1 unspecified atom stereocenters. The number of aryl methyl sites for hydroxylation is 1. The number of hydrogen-bond donors (Lipinski definition) is 0. The molecule has 1 aromatic heterocycles. The summed E-state index contributed by atoms with van der Waals surface area (Å²) in [5.74, 6) is 0.249. The second kappa shape index (κ2) is 5.21. The van der Waals surface area contributed by atoms with E-state index >= 15 is 0 Å². The Morgan fingerprint density at radius 3 is 2.82 bits per heavy atom. The van der Waals surface area contributed by atoms with Gasteiger partial charge in [-0.05, 0) is 45.1 Å². The highest BCUT2D eigenvalue weighted by Crippen LogP contribution is 2.26. The first-order valence-electron chi connectivity index (χ1n) is 6.50. The Labute approximate surface area is 108 Å². The highest BCUT2D eigenvalue weighted by Gasteiger charge is 2.27. The molecule has 0 N–H and O–H groups in total. The van der Waals surface area contributed by atoms with Crippen LogP contribution in [0.15, 0.2) is 5.38 Å². The van der Waals surface area contributed by atoms with E-state index in [4.69, 9.17) is 0 Å². The molecule has 1 aliphatic heterocycles. The monoisotopic (exact) mass is 251 g/mol. The first-order chi connectivity index (χ1) is 8.15. The average Bonchev–Trinajstić information content (AvgIpc) is 2.69. The number of rotatable bonds is 2. The van der Waals surface area contributed by atoms with Crippen molar-refractivity contribution in [2.45, 2.75) is 52.5 Å². The fourth-order valence-corrected chi connectivity index (χ4v) is 3.43. The highest BCUT2D eigenvalue weighted by atomic mass is 32.1. The highest BCUT2D eigenvalue weighted by molar-refractivity contribution is 7.10. The van der Waals surface area contributed by atoms with Crippen molar-refractivity contribution in [1.82, 2.24) is 4.90 Å². The van der Waals surface area contributed by atoms with Crippen molar-refractivity contribution < 1.29 is 4.79 Å². The third-order valence-corrected chi connectivity index (χ3v) is 4.89. The Bertz CT molecular complexity index is 410. The molecule has 0 aromatic carbocycles. The van der Waals surface area contributed by atoms with Gasteiger partial charge in [0.15, 0.2) is 0 Å². The van der Waals surface area contributed by atoms with Gasteiger partial charge in [0.25, 0.3) is 5.91 Å². The number of carbonyl (C=O) groups excluding carboxylic acids is 1. The van der Waals surface area contributed by atoms with Crippen molar-refractivity contribution in [3.8, 4) is 0 Å². The molecule has 0 spiro atoms. The second-order valence-corrected chi connectivity index (χ2v) is 5.97. The van der Waals surface area contributed by atoms with Gasteiger partial charge in [-0.15, -0.1) is 11.3 Å². The van der Waals surface area contributed by atoms with Crippen LogP contribution in [-0.2, 0) is 0 Å². The molecule has 2 heterocycles. The van der Waals surface area contributed by atoms with Gasteiger partial charge in [-0.25, -0.2) is 0 Å². The summed E-state index contributed by atoms with van der Waals surface area (Å²) in [7, 11) is 0. The number of thiophene rings is 1. The average molecular weight is 251 g/mol. The number of nitrogens with zero attached hydrogens (tertiary/aromatic N) is 1. The van der Waals surface area contributed by atoms with Crippen LogP contribution >= 0.6 is 11.3 Å². The fraction of sp³-hybridized carbons (Fsp3) is 0.643. The summed E-state index contributed by atoms with van der Waals surface area (Å²) in [6, 6.07) is 0.454. The van der Waals surface area contributed by atoms with Crippen molar-refractivity contribution in [1.29, 1.82) is 0 Å². The van der Waals surface area contributed by atoms with Crippen molar-refractivity contribution in [3.05, 3.63) is 21.4 Å². The van der Waals surface area contributed by atoms with Crippen LogP contribution < -0.4 is 0 Å². The first kappa shape index (κ1) is 12.6. The van der Waals surface area contributed by atoms with Gasteiger partial charge < -0.3 is 4.90 Å². The summed E-state index contributed by atoms with van der Waals surface area (Å²) in [5.41, 5.74) is 2.09. The molecule has 1 aromatic rings. The zero-order chi connectivity index (χ0) is 12.4. The quantitative estimate of drug-likeness (QED) is 0.783. The van der Waals surface area contributed by atoms with Gasteiger partial charge in [-0.3, -0.25) is 4.79 Å². The molecule has 2 nitrogen and oxygen atoms in total. The van der Waals surface area contributed by atoms with Crippen LogP contribution in [0.25, 0.3) is 0 Å². The van der Waals surface area contributed by atoms with Crippen LogP contribution in [0.2, 0.25) is 0 Å². The molecule has 1 saturated heterocycles. The minimum absolute atomic E-state index is 0.249. The van der Waals surface area contributed by atoms with Crippen molar-refractivity contribution >= 4 is 17.2 Å². The smallest absolute Gasteiger partial charge is 0.255 e. The molecule has 0 aliphatic carbocycles. The van der Waals surface area contributed by atoms with E-state index in [2.05, 4.69) is 25.7 Å². The van der Waals surface area contributed by atoms with E-state index < -0.39 is 0 Å². The molecular formula is C14H21NOS. The normalized spacial score (nSPS) is 20.6. The van der Waals surface area contributed by atoms with Crippen LogP contribution in [0, 0.1) is 13.8 Å². The summed E-state index contributed by atoms with van der Waals surface area (Å²) in [6.07, 6.45) is 4.67. The van der Waals surface area contributed by atoms with Gasteiger partial charge in [0.1, 0.15) is 0 Å². The molecule has 17 heavy (non-hydrogen) atoms. The molecule has 3 heteroatoms. The van der Waals surface area contributed by atoms with Crippen molar-refractivity contribution in [2.75, 3.05) is 6.54 Å². The lowest BCUT2D eigenvalue weighted by Crippen LogP contribution is -2.43. The SMILES string of the molecule is CCC1CCCCN1C(=O)c1csc(C)c1C. The van der Waals surface area contributed by atoms with E-state index in [1.165, 1.54) is 23.3 Å². The van der Waals surface area contributed by atoms with E-state index in [0.29, 0.717) is 6.04 Å². The Balaban J connectivity index is 2.21.